The third-order valence-electron chi connectivity index (χ3n) is 5.21. The summed E-state index contributed by atoms with van der Waals surface area (Å²) >= 11 is 3.33. The van der Waals surface area contributed by atoms with Crippen molar-refractivity contribution >= 4 is 57.1 Å². The Morgan fingerprint density at radius 1 is 1.08 bits per heavy atom. The third kappa shape index (κ3) is 5.84. The highest BCUT2D eigenvalue weighted by molar-refractivity contribution is 9.10. The summed E-state index contributed by atoms with van der Waals surface area (Å²) in [5.74, 6) is -2.24. The molecule has 1 aliphatic rings. The summed E-state index contributed by atoms with van der Waals surface area (Å²) in [5, 5.41) is 4.56. The molecule has 0 spiro atoms. The SMILES string of the molecule is COc1ccc(N2C(=O)NC(=O)/C(=C\c3cc(Br)ccc3OCC(=O)Nc3ccccc3F)C2=O)cc1. The Labute approximate surface area is 219 Å². The molecule has 188 valence electrons. The minimum Gasteiger partial charge on any atom is -0.497 e. The van der Waals surface area contributed by atoms with Gasteiger partial charge in [-0.25, -0.2) is 14.1 Å². The Bertz CT molecular complexity index is 1420. The van der Waals surface area contributed by atoms with Crippen LogP contribution in [0.4, 0.5) is 20.6 Å². The number of ether oxygens (including phenoxy) is 2. The molecule has 1 heterocycles. The number of anilines is 2. The lowest BCUT2D eigenvalue weighted by molar-refractivity contribution is -0.122. The molecular formula is C26H19BrFN3O6. The number of methoxy groups -OCH3 is 1. The lowest BCUT2D eigenvalue weighted by atomic mass is 10.1. The summed E-state index contributed by atoms with van der Waals surface area (Å²) in [7, 11) is 1.48. The maximum atomic E-state index is 13.8. The monoisotopic (exact) mass is 567 g/mol. The van der Waals surface area contributed by atoms with Crippen molar-refractivity contribution in [1.29, 1.82) is 0 Å². The molecule has 11 heteroatoms. The van der Waals surface area contributed by atoms with Crippen LogP contribution in [-0.2, 0) is 14.4 Å². The fourth-order valence-electron chi connectivity index (χ4n) is 3.43. The van der Waals surface area contributed by atoms with Gasteiger partial charge in [-0.05, 0) is 60.7 Å². The maximum absolute atomic E-state index is 13.8. The largest absolute Gasteiger partial charge is 0.497 e. The van der Waals surface area contributed by atoms with Crippen molar-refractivity contribution < 1.29 is 33.0 Å². The molecule has 5 amide bonds. The number of para-hydroxylation sites is 1. The normalized spacial score (nSPS) is 14.4. The van der Waals surface area contributed by atoms with E-state index in [1.54, 1.807) is 30.3 Å². The molecule has 9 nitrogen and oxygen atoms in total. The van der Waals surface area contributed by atoms with Crippen molar-refractivity contribution in [2.24, 2.45) is 0 Å². The van der Waals surface area contributed by atoms with E-state index in [1.165, 1.54) is 49.6 Å². The Morgan fingerprint density at radius 3 is 2.51 bits per heavy atom. The molecule has 0 saturated carbocycles. The Kier molecular flexibility index (Phi) is 7.63. The van der Waals surface area contributed by atoms with E-state index >= 15 is 0 Å². The molecule has 0 atom stereocenters. The minimum absolute atomic E-state index is 0.00186. The lowest BCUT2D eigenvalue weighted by Gasteiger charge is -2.26. The number of barbiturate groups is 1. The number of amides is 5. The molecule has 0 unspecified atom stereocenters. The van der Waals surface area contributed by atoms with Gasteiger partial charge in [0.1, 0.15) is 22.9 Å². The summed E-state index contributed by atoms with van der Waals surface area (Å²) in [4.78, 5) is 51.3. The predicted octanol–water partition coefficient (Wildman–Crippen LogP) is 4.28. The van der Waals surface area contributed by atoms with Crippen LogP contribution in [-0.4, -0.2) is 37.5 Å². The van der Waals surface area contributed by atoms with E-state index in [1.807, 2.05) is 0 Å². The van der Waals surface area contributed by atoms with Crippen LogP contribution < -0.4 is 25.0 Å². The van der Waals surface area contributed by atoms with E-state index in [0.29, 0.717) is 10.2 Å². The van der Waals surface area contributed by atoms with Gasteiger partial charge in [0, 0.05) is 10.0 Å². The van der Waals surface area contributed by atoms with Crippen LogP contribution in [0.15, 0.2) is 76.8 Å². The number of nitrogens with zero attached hydrogens (tertiary/aromatic N) is 1. The molecule has 1 fully saturated rings. The first-order valence-electron chi connectivity index (χ1n) is 10.8. The van der Waals surface area contributed by atoms with Gasteiger partial charge in [0.25, 0.3) is 17.7 Å². The van der Waals surface area contributed by atoms with Gasteiger partial charge >= 0.3 is 6.03 Å². The van der Waals surface area contributed by atoms with Crippen LogP contribution in [0.3, 0.4) is 0 Å². The number of urea groups is 1. The number of halogens is 2. The third-order valence-corrected chi connectivity index (χ3v) is 5.70. The first kappa shape index (κ1) is 25.6. The molecule has 1 aliphatic heterocycles. The molecule has 0 aliphatic carbocycles. The fourth-order valence-corrected chi connectivity index (χ4v) is 3.81. The van der Waals surface area contributed by atoms with Crippen molar-refractivity contribution in [2.45, 2.75) is 0 Å². The number of hydrogen-bond acceptors (Lipinski definition) is 6. The second-order valence-corrected chi connectivity index (χ2v) is 8.57. The zero-order valence-corrected chi connectivity index (χ0v) is 20.9. The topological polar surface area (TPSA) is 114 Å². The zero-order chi connectivity index (χ0) is 26.5. The predicted molar refractivity (Wildman–Crippen MR) is 137 cm³/mol. The molecule has 2 N–H and O–H groups in total. The molecule has 3 aromatic rings. The molecule has 0 radical (unpaired) electrons. The molecule has 0 bridgehead atoms. The van der Waals surface area contributed by atoms with Crippen molar-refractivity contribution in [1.82, 2.24) is 5.32 Å². The van der Waals surface area contributed by atoms with Gasteiger partial charge in [0.15, 0.2) is 6.61 Å². The van der Waals surface area contributed by atoms with Gasteiger partial charge in [0.05, 0.1) is 18.5 Å². The van der Waals surface area contributed by atoms with E-state index < -0.39 is 36.2 Å². The number of imide groups is 2. The number of carbonyl (C=O) groups is 4. The van der Waals surface area contributed by atoms with Crippen LogP contribution >= 0.6 is 15.9 Å². The van der Waals surface area contributed by atoms with Gasteiger partial charge in [-0.2, -0.15) is 0 Å². The quantitative estimate of drug-likeness (QED) is 0.325. The van der Waals surface area contributed by atoms with E-state index in [-0.39, 0.29) is 28.3 Å². The van der Waals surface area contributed by atoms with E-state index in [0.717, 1.165) is 4.90 Å². The van der Waals surface area contributed by atoms with Gasteiger partial charge in [-0.1, -0.05) is 28.1 Å². The minimum atomic E-state index is -0.896. The molecule has 37 heavy (non-hydrogen) atoms. The summed E-state index contributed by atoms with van der Waals surface area (Å²) in [5.41, 5.74) is 0.198. The second-order valence-electron chi connectivity index (χ2n) is 7.65. The molecular weight excluding hydrogens is 549 g/mol. The highest BCUT2D eigenvalue weighted by atomic mass is 79.9. The van der Waals surface area contributed by atoms with Crippen molar-refractivity contribution in [3.8, 4) is 11.5 Å². The zero-order valence-electron chi connectivity index (χ0n) is 19.3. The van der Waals surface area contributed by atoms with Crippen LogP contribution in [0.25, 0.3) is 6.08 Å². The van der Waals surface area contributed by atoms with E-state index in [2.05, 4.69) is 26.6 Å². The van der Waals surface area contributed by atoms with Crippen molar-refractivity contribution in [2.75, 3.05) is 23.9 Å². The average Bonchev–Trinajstić information content (AvgIpc) is 2.87. The molecule has 1 saturated heterocycles. The Morgan fingerprint density at radius 2 is 1.81 bits per heavy atom. The summed E-state index contributed by atoms with van der Waals surface area (Å²) in [6, 6.07) is 15.7. The second kappa shape index (κ2) is 11.0. The smallest absolute Gasteiger partial charge is 0.335 e. The van der Waals surface area contributed by atoms with E-state index in [4.69, 9.17) is 9.47 Å². The maximum Gasteiger partial charge on any atom is 0.335 e. The van der Waals surface area contributed by atoms with Gasteiger partial charge in [-0.3, -0.25) is 19.7 Å². The molecule has 4 rings (SSSR count). The summed E-state index contributed by atoms with van der Waals surface area (Å²) in [6.45, 7) is -0.470. The highest BCUT2D eigenvalue weighted by Gasteiger charge is 2.37. The van der Waals surface area contributed by atoms with Crippen molar-refractivity contribution in [3.63, 3.8) is 0 Å². The fraction of sp³-hybridized carbons (Fsp3) is 0.0769. The number of hydrogen-bond donors (Lipinski definition) is 2. The first-order chi connectivity index (χ1) is 17.8. The van der Waals surface area contributed by atoms with Crippen LogP contribution in [0.5, 0.6) is 11.5 Å². The van der Waals surface area contributed by atoms with Gasteiger partial charge in [0.2, 0.25) is 0 Å². The number of carbonyl (C=O) groups excluding carboxylic acids is 4. The number of nitrogens with one attached hydrogen (secondary N) is 2. The summed E-state index contributed by atoms with van der Waals surface area (Å²) < 4.78 is 25.1. The lowest BCUT2D eigenvalue weighted by Crippen LogP contribution is -2.54. The summed E-state index contributed by atoms with van der Waals surface area (Å²) in [6.07, 6.45) is 1.26. The molecule has 3 aromatic carbocycles. The standard InChI is InChI=1S/C26H19BrFN3O6/c1-36-18-9-7-17(8-10-18)31-25(34)19(24(33)30-26(31)35)13-15-12-16(27)6-11-22(15)37-14-23(32)29-21-5-3-2-4-20(21)28/h2-13H,14H2,1H3,(H,29,32)(H,30,33,35)/b19-13+. The van der Waals surface area contributed by atoms with Gasteiger partial charge < -0.3 is 14.8 Å². The average molecular weight is 568 g/mol. The first-order valence-corrected chi connectivity index (χ1v) is 11.6. The number of rotatable bonds is 7. The van der Waals surface area contributed by atoms with Crippen LogP contribution in [0.1, 0.15) is 5.56 Å². The van der Waals surface area contributed by atoms with Crippen LogP contribution in [0.2, 0.25) is 0 Å². The van der Waals surface area contributed by atoms with Crippen molar-refractivity contribution in [3.05, 3.63) is 88.2 Å². The molecule has 0 aromatic heterocycles. The Balaban J connectivity index is 1.58. The highest BCUT2D eigenvalue weighted by Crippen LogP contribution is 2.29. The van der Waals surface area contributed by atoms with Gasteiger partial charge in [-0.15, -0.1) is 0 Å². The Hall–Kier alpha value is -4.51. The van der Waals surface area contributed by atoms with Crippen LogP contribution in [0, 0.1) is 5.82 Å². The number of benzene rings is 3. The van der Waals surface area contributed by atoms with E-state index in [9.17, 15) is 23.6 Å².